The van der Waals surface area contributed by atoms with Gasteiger partial charge in [-0.1, -0.05) is 24.3 Å². The molecule has 8 nitrogen and oxygen atoms in total. The molecule has 10 heteroatoms. The highest BCUT2D eigenvalue weighted by Gasteiger charge is 2.33. The maximum absolute atomic E-state index is 15.5. The first-order valence-electron chi connectivity index (χ1n) is 12.1. The number of β-amino-alcohol motifs (C(OH)–C–C–N with tert-alkyl or cyclic N) is 1. The van der Waals surface area contributed by atoms with E-state index in [0.717, 1.165) is 18.4 Å². The number of aliphatic hydroxyl groups is 1. The lowest BCUT2D eigenvalue weighted by atomic mass is 9.93. The Morgan fingerprint density at radius 1 is 1.26 bits per heavy atom. The van der Waals surface area contributed by atoms with Gasteiger partial charge < -0.3 is 21.1 Å². The Morgan fingerprint density at radius 2 is 1.97 bits per heavy atom. The number of nitrogens with zero attached hydrogens (tertiary/aromatic N) is 4. The van der Waals surface area contributed by atoms with Gasteiger partial charge in [0, 0.05) is 31.6 Å². The van der Waals surface area contributed by atoms with Gasteiger partial charge in [0.25, 0.3) is 0 Å². The number of rotatable bonds is 10. The Kier molecular flexibility index (Phi) is 7.51. The van der Waals surface area contributed by atoms with Crippen LogP contribution in [0, 0.1) is 11.7 Å². The predicted octanol–water partition coefficient (Wildman–Crippen LogP) is 2.57. The Labute approximate surface area is 204 Å². The smallest absolute Gasteiger partial charge is 0.231 e. The molecule has 190 valence electrons. The maximum atomic E-state index is 15.5. The van der Waals surface area contributed by atoms with Crippen molar-refractivity contribution < 1.29 is 18.7 Å². The van der Waals surface area contributed by atoms with E-state index in [0.29, 0.717) is 38.2 Å². The molecule has 4 N–H and O–H groups in total. The fourth-order valence-corrected chi connectivity index (χ4v) is 4.53. The van der Waals surface area contributed by atoms with Crippen LogP contribution in [0.25, 0.3) is 0 Å². The van der Waals surface area contributed by atoms with Crippen LogP contribution in [-0.4, -0.2) is 64.2 Å². The van der Waals surface area contributed by atoms with Crippen molar-refractivity contribution in [2.24, 2.45) is 11.7 Å². The van der Waals surface area contributed by atoms with Crippen molar-refractivity contribution in [3.05, 3.63) is 47.5 Å². The number of primary amides is 1. The first-order chi connectivity index (χ1) is 16.6. The number of piperidine rings is 1. The first-order valence-corrected chi connectivity index (χ1v) is 12.1. The highest BCUT2D eigenvalue weighted by atomic mass is 19.1. The van der Waals surface area contributed by atoms with Gasteiger partial charge in [-0.25, -0.2) is 14.4 Å². The van der Waals surface area contributed by atoms with Crippen molar-refractivity contribution in [2.45, 2.75) is 57.5 Å². The number of anilines is 2. The number of alkyl halides is 1. The molecule has 1 saturated carbocycles. The number of likely N-dealkylation sites (tertiary alicyclic amines) is 1. The number of halogens is 2. The molecule has 1 saturated heterocycles. The van der Waals surface area contributed by atoms with Crippen molar-refractivity contribution in [3.8, 4) is 0 Å². The zero-order valence-corrected chi connectivity index (χ0v) is 20.3. The van der Waals surface area contributed by atoms with Crippen LogP contribution >= 0.6 is 0 Å². The van der Waals surface area contributed by atoms with E-state index in [4.69, 9.17) is 5.73 Å². The highest BCUT2D eigenvalue weighted by molar-refractivity contribution is 5.75. The van der Waals surface area contributed by atoms with Crippen molar-refractivity contribution >= 4 is 17.5 Å². The molecule has 0 radical (unpaired) electrons. The molecule has 4 rings (SSSR count). The van der Waals surface area contributed by atoms with E-state index in [1.165, 1.54) is 20.2 Å². The van der Waals surface area contributed by atoms with Crippen molar-refractivity contribution in [1.29, 1.82) is 0 Å². The number of hydrogen-bond donors (Lipinski definition) is 3. The van der Waals surface area contributed by atoms with E-state index in [9.17, 15) is 14.3 Å². The molecular formula is C25H34F2N6O2. The van der Waals surface area contributed by atoms with Gasteiger partial charge in [0.05, 0.1) is 12.6 Å². The molecule has 35 heavy (non-hydrogen) atoms. The third kappa shape index (κ3) is 6.43. The van der Waals surface area contributed by atoms with Gasteiger partial charge in [0.15, 0.2) is 11.6 Å². The van der Waals surface area contributed by atoms with E-state index in [-0.39, 0.29) is 30.1 Å². The third-order valence-corrected chi connectivity index (χ3v) is 6.74. The number of carbonyl (C=O) groups is 1. The minimum atomic E-state index is -1.42. The van der Waals surface area contributed by atoms with Crippen LogP contribution in [0.2, 0.25) is 0 Å². The minimum absolute atomic E-state index is 0.0990. The first kappa shape index (κ1) is 25.2. The van der Waals surface area contributed by atoms with E-state index >= 15 is 4.39 Å². The Morgan fingerprint density at radius 3 is 2.57 bits per heavy atom. The molecule has 2 aliphatic rings. The Balaban J connectivity index is 1.42. The van der Waals surface area contributed by atoms with Crippen LogP contribution < -0.4 is 16.0 Å². The fourth-order valence-electron chi connectivity index (χ4n) is 4.53. The zero-order chi connectivity index (χ0) is 25.2. The van der Waals surface area contributed by atoms with Crippen LogP contribution in [0.3, 0.4) is 0 Å². The summed E-state index contributed by atoms with van der Waals surface area (Å²) in [6, 6.07) is 7.47. The molecule has 2 fully saturated rings. The Bertz CT molecular complexity index is 1030. The molecule has 2 heterocycles. The summed E-state index contributed by atoms with van der Waals surface area (Å²) in [5, 5.41) is 13.5. The number of nitrogens with one attached hydrogen (secondary N) is 1. The Hall–Kier alpha value is -2.85. The topological polar surface area (TPSA) is 108 Å². The van der Waals surface area contributed by atoms with Crippen molar-refractivity contribution in [1.82, 2.24) is 14.9 Å². The highest BCUT2D eigenvalue weighted by Crippen LogP contribution is 2.35. The SMILES string of the molecule is CC(C)(F)c1ccc(CN(c2ncnc(NC[C@H]3CCN(CC(N)=O)C[C@@H]3O)c2F)C2CC2)cc1. The van der Waals surface area contributed by atoms with Gasteiger partial charge in [-0.2, -0.15) is 4.39 Å². The summed E-state index contributed by atoms with van der Waals surface area (Å²) in [5.74, 6) is -0.721. The standard InChI is InChI=1S/C25H34F2N6O2/c1-25(2,27)18-5-3-16(4-6-18)12-33(19-7-8-19)24-22(26)23(30-15-31-24)29-11-17-9-10-32(13-20(17)34)14-21(28)35/h3-6,15,17,19-20,34H,7-14H2,1-2H3,(H2,28,35)(H,29,30,31)/t17-,20+/m1/s1. The molecule has 1 aromatic carbocycles. The lowest BCUT2D eigenvalue weighted by molar-refractivity contribution is -0.120. The monoisotopic (exact) mass is 488 g/mol. The third-order valence-electron chi connectivity index (χ3n) is 6.74. The molecule has 1 aliphatic carbocycles. The van der Waals surface area contributed by atoms with Gasteiger partial charge >= 0.3 is 0 Å². The molecule has 2 aromatic rings. The number of benzene rings is 1. The molecule has 0 unspecified atom stereocenters. The van der Waals surface area contributed by atoms with Crippen LogP contribution in [0.4, 0.5) is 20.4 Å². The summed E-state index contributed by atoms with van der Waals surface area (Å²) >= 11 is 0. The van der Waals surface area contributed by atoms with Crippen LogP contribution in [0.5, 0.6) is 0 Å². The second-order valence-electron chi connectivity index (χ2n) is 10.1. The normalized spacial score (nSPS) is 21.1. The summed E-state index contributed by atoms with van der Waals surface area (Å²) in [4.78, 5) is 23.2. The van der Waals surface area contributed by atoms with Gasteiger partial charge in [-0.15, -0.1) is 0 Å². The summed E-state index contributed by atoms with van der Waals surface area (Å²) < 4.78 is 29.7. The van der Waals surface area contributed by atoms with Gasteiger partial charge in [0.1, 0.15) is 12.0 Å². The average Bonchev–Trinajstić information content (AvgIpc) is 3.63. The number of carbonyl (C=O) groups excluding carboxylic acids is 1. The quantitative estimate of drug-likeness (QED) is 0.472. The second kappa shape index (κ2) is 10.4. The largest absolute Gasteiger partial charge is 0.391 e. The number of aromatic nitrogens is 2. The molecule has 1 aliphatic heterocycles. The van der Waals surface area contributed by atoms with Gasteiger partial charge in [-0.05, 0) is 50.8 Å². The van der Waals surface area contributed by atoms with E-state index < -0.39 is 23.5 Å². The van der Waals surface area contributed by atoms with E-state index in [1.807, 2.05) is 21.9 Å². The number of amides is 1. The van der Waals surface area contributed by atoms with Crippen molar-refractivity contribution in [2.75, 3.05) is 36.4 Å². The van der Waals surface area contributed by atoms with Crippen molar-refractivity contribution in [3.63, 3.8) is 0 Å². The molecule has 0 spiro atoms. The average molecular weight is 489 g/mol. The number of nitrogens with two attached hydrogens (primary N) is 1. The van der Waals surface area contributed by atoms with E-state index in [2.05, 4.69) is 15.3 Å². The zero-order valence-electron chi connectivity index (χ0n) is 20.3. The lowest BCUT2D eigenvalue weighted by Crippen LogP contribution is -2.48. The predicted molar refractivity (Wildman–Crippen MR) is 130 cm³/mol. The molecule has 2 atom stereocenters. The van der Waals surface area contributed by atoms with Gasteiger partial charge in [0.2, 0.25) is 11.7 Å². The molecular weight excluding hydrogens is 454 g/mol. The fraction of sp³-hybridized carbons (Fsp3) is 0.560. The minimum Gasteiger partial charge on any atom is -0.391 e. The lowest BCUT2D eigenvalue weighted by Gasteiger charge is -2.35. The number of aliphatic hydroxyl groups excluding tert-OH is 1. The molecule has 0 bridgehead atoms. The summed E-state index contributed by atoms with van der Waals surface area (Å²) in [5.41, 5.74) is 5.37. The summed E-state index contributed by atoms with van der Waals surface area (Å²) in [6.45, 7) is 4.95. The second-order valence-corrected chi connectivity index (χ2v) is 10.1. The van der Waals surface area contributed by atoms with Crippen LogP contribution in [-0.2, 0) is 17.0 Å². The maximum Gasteiger partial charge on any atom is 0.231 e. The molecule has 1 aromatic heterocycles. The number of hydrogen-bond acceptors (Lipinski definition) is 7. The van der Waals surface area contributed by atoms with E-state index in [1.54, 1.807) is 12.1 Å². The van der Waals surface area contributed by atoms with Crippen LogP contribution in [0.1, 0.15) is 44.2 Å². The van der Waals surface area contributed by atoms with Gasteiger partial charge in [-0.3, -0.25) is 9.69 Å². The summed E-state index contributed by atoms with van der Waals surface area (Å²) in [6.07, 6.45) is 3.26. The summed E-state index contributed by atoms with van der Waals surface area (Å²) in [7, 11) is 0. The molecule has 1 amide bonds. The van der Waals surface area contributed by atoms with Crippen LogP contribution in [0.15, 0.2) is 30.6 Å².